The van der Waals surface area contributed by atoms with E-state index in [0.29, 0.717) is 6.61 Å². The maximum absolute atomic E-state index is 6.33. The van der Waals surface area contributed by atoms with Gasteiger partial charge in [0.05, 0.1) is 0 Å². The number of para-hydroxylation sites is 1. The van der Waals surface area contributed by atoms with Crippen molar-refractivity contribution in [2.24, 2.45) is 0 Å². The fourth-order valence-electron chi connectivity index (χ4n) is 2.92. The molecular weight excluding hydrogens is 248 g/mol. The summed E-state index contributed by atoms with van der Waals surface area (Å²) in [6.45, 7) is 2.66. The number of hydrogen-bond donors (Lipinski definition) is 0. The highest BCUT2D eigenvalue weighted by Gasteiger charge is 2.44. The van der Waals surface area contributed by atoms with Crippen molar-refractivity contribution in [1.82, 2.24) is 0 Å². The van der Waals surface area contributed by atoms with Gasteiger partial charge in [-0.1, -0.05) is 54.1 Å². The molecule has 4 rings (SSSR count). The smallest absolute Gasteiger partial charge is 0.150 e. The highest BCUT2D eigenvalue weighted by atomic mass is 16.6. The van der Waals surface area contributed by atoms with Crippen LogP contribution in [0.15, 0.2) is 60.7 Å². The van der Waals surface area contributed by atoms with E-state index >= 15 is 0 Å². The number of ether oxygens (including phenoxy) is 2. The van der Waals surface area contributed by atoms with E-state index < -0.39 is 5.60 Å². The summed E-state index contributed by atoms with van der Waals surface area (Å²) < 4.78 is 12.1. The van der Waals surface area contributed by atoms with E-state index in [1.54, 1.807) is 0 Å². The summed E-state index contributed by atoms with van der Waals surface area (Å²) in [5.74, 6) is 0.932. The van der Waals surface area contributed by atoms with Crippen LogP contribution < -0.4 is 4.74 Å². The molecule has 1 spiro atoms. The largest absolute Gasteiger partial charge is 0.489 e. The van der Waals surface area contributed by atoms with Gasteiger partial charge in [-0.25, -0.2) is 0 Å². The molecule has 2 atom stereocenters. The molecule has 100 valence electrons. The van der Waals surface area contributed by atoms with E-state index in [2.05, 4.69) is 49.4 Å². The minimum atomic E-state index is -0.411. The zero-order valence-electron chi connectivity index (χ0n) is 11.4. The van der Waals surface area contributed by atoms with Gasteiger partial charge < -0.3 is 9.47 Å². The number of benzene rings is 2. The standard InChI is InChI=1S/C18H16O2/c1-13-6-8-14(9-7-13)16-10-11-18(20-16)12-19-17-5-3-2-4-15(17)18/h2-11,16H,12H2,1H3/t16-,18+/m1/s1. The molecule has 2 nitrogen and oxygen atoms in total. The van der Waals surface area contributed by atoms with E-state index in [4.69, 9.17) is 9.47 Å². The SMILES string of the molecule is Cc1ccc([C@H]2C=C[C@@]3(COc4ccccc43)O2)cc1. The van der Waals surface area contributed by atoms with Gasteiger partial charge in [0.15, 0.2) is 0 Å². The van der Waals surface area contributed by atoms with Gasteiger partial charge in [0.25, 0.3) is 0 Å². The molecule has 2 aliphatic heterocycles. The number of rotatable bonds is 1. The van der Waals surface area contributed by atoms with Gasteiger partial charge in [0, 0.05) is 5.56 Å². The lowest BCUT2D eigenvalue weighted by Crippen LogP contribution is -2.26. The topological polar surface area (TPSA) is 18.5 Å². The molecule has 0 radical (unpaired) electrons. The Hall–Kier alpha value is -2.06. The third-order valence-electron chi connectivity index (χ3n) is 4.07. The van der Waals surface area contributed by atoms with Crippen LogP contribution in [-0.2, 0) is 10.3 Å². The first-order chi connectivity index (χ1) is 9.77. The van der Waals surface area contributed by atoms with Crippen LogP contribution in [0.2, 0.25) is 0 Å². The molecule has 2 aliphatic rings. The third-order valence-corrected chi connectivity index (χ3v) is 4.07. The molecule has 0 aliphatic carbocycles. The third kappa shape index (κ3) is 1.69. The molecule has 0 amide bonds. The first kappa shape index (κ1) is 11.7. The van der Waals surface area contributed by atoms with E-state index in [1.807, 2.05) is 18.2 Å². The predicted octanol–water partition coefficient (Wildman–Crippen LogP) is 3.91. The van der Waals surface area contributed by atoms with Gasteiger partial charge in [0.1, 0.15) is 24.1 Å². The fraction of sp³-hybridized carbons (Fsp3) is 0.222. The Morgan fingerprint density at radius 1 is 1.05 bits per heavy atom. The average molecular weight is 264 g/mol. The lowest BCUT2D eigenvalue weighted by atomic mass is 9.97. The maximum Gasteiger partial charge on any atom is 0.150 e. The molecule has 0 saturated carbocycles. The molecule has 0 saturated heterocycles. The summed E-state index contributed by atoms with van der Waals surface area (Å²) >= 11 is 0. The van der Waals surface area contributed by atoms with Crippen LogP contribution in [-0.4, -0.2) is 6.61 Å². The Balaban J connectivity index is 1.66. The molecule has 2 heterocycles. The zero-order chi connectivity index (χ0) is 13.6. The van der Waals surface area contributed by atoms with Crippen molar-refractivity contribution in [3.05, 3.63) is 77.4 Å². The number of fused-ring (bicyclic) bond motifs is 2. The highest BCUT2D eigenvalue weighted by Crippen LogP contribution is 2.47. The minimum absolute atomic E-state index is 0.00496. The summed E-state index contributed by atoms with van der Waals surface area (Å²) in [4.78, 5) is 0. The van der Waals surface area contributed by atoms with Gasteiger partial charge in [-0.3, -0.25) is 0 Å². The van der Waals surface area contributed by atoms with Crippen molar-refractivity contribution in [1.29, 1.82) is 0 Å². The van der Waals surface area contributed by atoms with E-state index in [0.717, 1.165) is 11.3 Å². The Labute approximate surface area is 118 Å². The van der Waals surface area contributed by atoms with Crippen LogP contribution in [0.4, 0.5) is 0 Å². The normalized spacial score (nSPS) is 26.8. The fourth-order valence-corrected chi connectivity index (χ4v) is 2.92. The van der Waals surface area contributed by atoms with Gasteiger partial charge in [-0.2, -0.15) is 0 Å². The molecule has 0 unspecified atom stereocenters. The van der Waals surface area contributed by atoms with Crippen LogP contribution in [0, 0.1) is 6.92 Å². The van der Waals surface area contributed by atoms with Crippen LogP contribution in [0.3, 0.4) is 0 Å². The van der Waals surface area contributed by atoms with Crippen LogP contribution >= 0.6 is 0 Å². The summed E-state index contributed by atoms with van der Waals surface area (Å²) in [5.41, 5.74) is 3.17. The van der Waals surface area contributed by atoms with E-state index in [1.165, 1.54) is 11.1 Å². The first-order valence-electron chi connectivity index (χ1n) is 6.93. The summed E-state index contributed by atoms with van der Waals surface area (Å²) in [6, 6.07) is 16.6. The Morgan fingerprint density at radius 2 is 1.85 bits per heavy atom. The van der Waals surface area contributed by atoms with Crippen molar-refractivity contribution in [3.63, 3.8) is 0 Å². The predicted molar refractivity (Wildman–Crippen MR) is 77.8 cm³/mol. The number of aryl methyl sites for hydroxylation is 1. The van der Waals surface area contributed by atoms with Crippen molar-refractivity contribution in [2.45, 2.75) is 18.6 Å². The second-order valence-electron chi connectivity index (χ2n) is 5.48. The van der Waals surface area contributed by atoms with Gasteiger partial charge >= 0.3 is 0 Å². The first-order valence-corrected chi connectivity index (χ1v) is 6.93. The lowest BCUT2D eigenvalue weighted by molar-refractivity contribution is -0.0390. The van der Waals surface area contributed by atoms with Crippen LogP contribution in [0.1, 0.15) is 22.8 Å². The van der Waals surface area contributed by atoms with Gasteiger partial charge in [-0.05, 0) is 24.6 Å². The van der Waals surface area contributed by atoms with Gasteiger partial charge in [0.2, 0.25) is 0 Å². The highest BCUT2D eigenvalue weighted by molar-refractivity contribution is 5.46. The molecular formula is C18H16O2. The van der Waals surface area contributed by atoms with Crippen molar-refractivity contribution >= 4 is 0 Å². The monoisotopic (exact) mass is 264 g/mol. The Bertz CT molecular complexity index is 672. The molecule has 20 heavy (non-hydrogen) atoms. The maximum atomic E-state index is 6.33. The van der Waals surface area contributed by atoms with Crippen molar-refractivity contribution in [3.8, 4) is 5.75 Å². The molecule has 2 aromatic rings. The quantitative estimate of drug-likeness (QED) is 0.727. The molecule has 0 fully saturated rings. The van der Waals surface area contributed by atoms with Crippen molar-refractivity contribution in [2.75, 3.05) is 6.61 Å². The number of hydrogen-bond acceptors (Lipinski definition) is 2. The van der Waals surface area contributed by atoms with E-state index in [-0.39, 0.29) is 6.10 Å². The summed E-state index contributed by atoms with van der Waals surface area (Å²) in [5, 5.41) is 0. The second kappa shape index (κ2) is 4.22. The summed E-state index contributed by atoms with van der Waals surface area (Å²) in [7, 11) is 0. The van der Waals surface area contributed by atoms with Crippen LogP contribution in [0.5, 0.6) is 5.75 Å². The zero-order valence-corrected chi connectivity index (χ0v) is 11.4. The molecule has 0 aromatic heterocycles. The van der Waals surface area contributed by atoms with Gasteiger partial charge in [-0.15, -0.1) is 0 Å². The molecule has 2 aromatic carbocycles. The van der Waals surface area contributed by atoms with Crippen molar-refractivity contribution < 1.29 is 9.47 Å². The lowest BCUT2D eigenvalue weighted by Gasteiger charge is -2.23. The Morgan fingerprint density at radius 3 is 2.70 bits per heavy atom. The van der Waals surface area contributed by atoms with E-state index in [9.17, 15) is 0 Å². The second-order valence-corrected chi connectivity index (χ2v) is 5.48. The van der Waals surface area contributed by atoms with Crippen LogP contribution in [0.25, 0.3) is 0 Å². The molecule has 0 N–H and O–H groups in total. The molecule has 2 heteroatoms. The summed E-state index contributed by atoms with van der Waals surface area (Å²) in [6.07, 6.45) is 4.28. The molecule has 0 bridgehead atoms. The minimum Gasteiger partial charge on any atom is -0.489 e. The Kier molecular flexibility index (Phi) is 2.48. The average Bonchev–Trinajstić information content (AvgIpc) is 3.07.